The molecule has 1 rings (SSSR count). The molecule has 0 saturated carbocycles. The average Bonchev–Trinajstić information content (AvgIpc) is 2.25. The van der Waals surface area contributed by atoms with Gasteiger partial charge in [0.1, 0.15) is 0 Å². The molecule has 0 saturated heterocycles. The van der Waals surface area contributed by atoms with Gasteiger partial charge in [-0.05, 0) is 24.3 Å². The van der Waals surface area contributed by atoms with E-state index in [-0.39, 0.29) is 5.91 Å². The van der Waals surface area contributed by atoms with E-state index in [9.17, 15) is 4.79 Å². The number of benzene rings is 1. The lowest BCUT2D eigenvalue weighted by Gasteiger charge is -2.01. The Bertz CT molecular complexity index is 346. The second kappa shape index (κ2) is 6.22. The zero-order valence-corrected chi connectivity index (χ0v) is 9.00. The first-order valence-corrected chi connectivity index (χ1v) is 5.00. The second-order valence-corrected chi connectivity index (χ2v) is 3.36. The normalized spacial score (nSPS) is 10.5. The number of nitrogens with one attached hydrogen (secondary N) is 1. The lowest BCUT2D eigenvalue weighted by molar-refractivity contribution is 0.0958. The number of carbonyl (C=O) groups excluding carboxylic acids is 1. The molecule has 3 nitrogen and oxygen atoms in total. The van der Waals surface area contributed by atoms with E-state index in [0.29, 0.717) is 23.7 Å². The summed E-state index contributed by atoms with van der Waals surface area (Å²) >= 11 is 5.71. The third-order valence-electron chi connectivity index (χ3n) is 1.79. The molecule has 1 aromatic carbocycles. The van der Waals surface area contributed by atoms with E-state index >= 15 is 0 Å². The minimum absolute atomic E-state index is 0.117. The average molecular weight is 225 g/mol. The van der Waals surface area contributed by atoms with E-state index in [1.165, 1.54) is 0 Å². The van der Waals surface area contributed by atoms with Crippen molar-refractivity contribution in [1.82, 2.24) is 5.32 Å². The lowest BCUT2D eigenvalue weighted by atomic mass is 10.2. The van der Waals surface area contributed by atoms with Crippen LogP contribution in [-0.2, 0) is 0 Å². The van der Waals surface area contributed by atoms with Gasteiger partial charge >= 0.3 is 0 Å². The highest BCUT2D eigenvalue weighted by molar-refractivity contribution is 6.30. The van der Waals surface area contributed by atoms with E-state index in [1.807, 2.05) is 6.08 Å². The number of carbonyl (C=O) groups is 1. The topological polar surface area (TPSA) is 55.1 Å². The van der Waals surface area contributed by atoms with Crippen LogP contribution in [0.3, 0.4) is 0 Å². The van der Waals surface area contributed by atoms with E-state index in [2.05, 4.69) is 5.32 Å². The van der Waals surface area contributed by atoms with Crippen LogP contribution in [0.2, 0.25) is 5.02 Å². The van der Waals surface area contributed by atoms with Gasteiger partial charge in [0.05, 0.1) is 0 Å². The lowest BCUT2D eigenvalue weighted by Crippen LogP contribution is -2.23. The first-order chi connectivity index (χ1) is 7.24. The van der Waals surface area contributed by atoms with Crippen molar-refractivity contribution in [2.75, 3.05) is 13.1 Å². The highest BCUT2D eigenvalue weighted by atomic mass is 35.5. The maximum atomic E-state index is 11.5. The molecule has 0 aliphatic carbocycles. The summed E-state index contributed by atoms with van der Waals surface area (Å²) in [5, 5.41) is 3.35. The van der Waals surface area contributed by atoms with Gasteiger partial charge in [-0.2, -0.15) is 0 Å². The minimum atomic E-state index is -0.117. The number of rotatable bonds is 4. The van der Waals surface area contributed by atoms with Crippen LogP contribution in [0.15, 0.2) is 36.4 Å². The van der Waals surface area contributed by atoms with Crippen LogP contribution in [0.25, 0.3) is 0 Å². The standard InChI is InChI=1S/C11H13ClN2O/c12-10-5-3-9(4-6-10)11(15)14-8-2-1-7-13/h1-6H,7-8,13H2,(H,14,15)/b2-1+. The fourth-order valence-corrected chi connectivity index (χ4v) is 1.16. The Hall–Kier alpha value is -1.32. The van der Waals surface area contributed by atoms with Crippen molar-refractivity contribution in [3.05, 3.63) is 47.0 Å². The van der Waals surface area contributed by atoms with E-state index in [1.54, 1.807) is 30.3 Å². The van der Waals surface area contributed by atoms with Crippen molar-refractivity contribution in [2.45, 2.75) is 0 Å². The quantitative estimate of drug-likeness (QED) is 0.764. The van der Waals surface area contributed by atoms with Crippen molar-refractivity contribution in [1.29, 1.82) is 0 Å². The predicted molar refractivity (Wildman–Crippen MR) is 62.0 cm³/mol. The molecule has 0 atom stereocenters. The maximum absolute atomic E-state index is 11.5. The predicted octanol–water partition coefficient (Wildman–Crippen LogP) is 1.58. The Morgan fingerprint density at radius 3 is 2.60 bits per heavy atom. The molecule has 0 aromatic heterocycles. The zero-order chi connectivity index (χ0) is 11.1. The molecule has 0 aliphatic rings. The molecule has 0 spiro atoms. The van der Waals surface area contributed by atoms with Gasteiger partial charge in [-0.3, -0.25) is 4.79 Å². The van der Waals surface area contributed by atoms with Gasteiger partial charge in [-0.1, -0.05) is 23.8 Å². The van der Waals surface area contributed by atoms with Crippen LogP contribution in [0.1, 0.15) is 10.4 Å². The van der Waals surface area contributed by atoms with Crippen molar-refractivity contribution in [3.8, 4) is 0 Å². The van der Waals surface area contributed by atoms with Gasteiger partial charge in [0.15, 0.2) is 0 Å². The van der Waals surface area contributed by atoms with Crippen molar-refractivity contribution in [2.24, 2.45) is 5.73 Å². The molecule has 1 aromatic rings. The highest BCUT2D eigenvalue weighted by Gasteiger charge is 2.02. The van der Waals surface area contributed by atoms with E-state index in [0.717, 1.165) is 0 Å². The third-order valence-corrected chi connectivity index (χ3v) is 2.04. The monoisotopic (exact) mass is 224 g/mol. The van der Waals surface area contributed by atoms with Gasteiger partial charge in [0, 0.05) is 23.7 Å². The Labute approximate surface area is 93.9 Å². The molecule has 0 aliphatic heterocycles. The smallest absolute Gasteiger partial charge is 0.251 e. The van der Waals surface area contributed by atoms with Crippen LogP contribution in [-0.4, -0.2) is 19.0 Å². The largest absolute Gasteiger partial charge is 0.349 e. The van der Waals surface area contributed by atoms with Crippen LogP contribution in [0, 0.1) is 0 Å². The number of hydrogen-bond donors (Lipinski definition) is 2. The molecular weight excluding hydrogens is 212 g/mol. The summed E-state index contributed by atoms with van der Waals surface area (Å²) in [7, 11) is 0. The fourth-order valence-electron chi connectivity index (χ4n) is 1.03. The molecule has 0 heterocycles. The summed E-state index contributed by atoms with van der Waals surface area (Å²) in [5.74, 6) is -0.117. The minimum Gasteiger partial charge on any atom is -0.349 e. The van der Waals surface area contributed by atoms with Crippen molar-refractivity contribution in [3.63, 3.8) is 0 Å². The summed E-state index contributed by atoms with van der Waals surface area (Å²) in [6.45, 7) is 0.968. The summed E-state index contributed by atoms with van der Waals surface area (Å²) < 4.78 is 0. The fraction of sp³-hybridized carbons (Fsp3) is 0.182. The Balaban J connectivity index is 2.47. The molecule has 80 valence electrons. The van der Waals surface area contributed by atoms with E-state index in [4.69, 9.17) is 17.3 Å². The molecule has 0 unspecified atom stereocenters. The second-order valence-electron chi connectivity index (χ2n) is 2.92. The molecule has 0 fully saturated rings. The Morgan fingerprint density at radius 2 is 2.00 bits per heavy atom. The number of amides is 1. The van der Waals surface area contributed by atoms with Gasteiger partial charge in [0.25, 0.3) is 5.91 Å². The van der Waals surface area contributed by atoms with Crippen molar-refractivity contribution < 1.29 is 4.79 Å². The van der Waals surface area contributed by atoms with Crippen LogP contribution in [0.5, 0.6) is 0 Å². The first kappa shape index (κ1) is 11.8. The molecule has 0 bridgehead atoms. The van der Waals surface area contributed by atoms with E-state index < -0.39 is 0 Å². The SMILES string of the molecule is NC/C=C/CNC(=O)c1ccc(Cl)cc1. The summed E-state index contributed by atoms with van der Waals surface area (Å²) in [5.41, 5.74) is 5.86. The zero-order valence-electron chi connectivity index (χ0n) is 8.24. The summed E-state index contributed by atoms with van der Waals surface area (Å²) in [6, 6.07) is 6.74. The molecule has 3 N–H and O–H groups in total. The molecule has 0 radical (unpaired) electrons. The van der Waals surface area contributed by atoms with Gasteiger partial charge in [-0.25, -0.2) is 0 Å². The molecule has 15 heavy (non-hydrogen) atoms. The number of nitrogens with two attached hydrogens (primary N) is 1. The molecular formula is C11H13ClN2O. The maximum Gasteiger partial charge on any atom is 0.251 e. The van der Waals surface area contributed by atoms with Crippen LogP contribution < -0.4 is 11.1 Å². The number of hydrogen-bond acceptors (Lipinski definition) is 2. The van der Waals surface area contributed by atoms with Gasteiger partial charge < -0.3 is 11.1 Å². The van der Waals surface area contributed by atoms with Crippen LogP contribution >= 0.6 is 11.6 Å². The third kappa shape index (κ3) is 4.14. The highest BCUT2D eigenvalue weighted by Crippen LogP contribution is 2.08. The number of halogens is 1. The summed E-state index contributed by atoms with van der Waals surface area (Å²) in [6.07, 6.45) is 3.61. The summed E-state index contributed by atoms with van der Waals surface area (Å²) in [4.78, 5) is 11.5. The first-order valence-electron chi connectivity index (χ1n) is 4.63. The Morgan fingerprint density at radius 1 is 1.33 bits per heavy atom. The van der Waals surface area contributed by atoms with Crippen molar-refractivity contribution >= 4 is 17.5 Å². The molecule has 1 amide bonds. The van der Waals surface area contributed by atoms with Crippen LogP contribution in [0.4, 0.5) is 0 Å². The molecule has 4 heteroatoms. The van der Waals surface area contributed by atoms with Gasteiger partial charge in [0.2, 0.25) is 0 Å². The van der Waals surface area contributed by atoms with Gasteiger partial charge in [-0.15, -0.1) is 0 Å². The Kier molecular flexibility index (Phi) is 4.87.